The summed E-state index contributed by atoms with van der Waals surface area (Å²) in [4.78, 5) is 23.9. The normalized spacial score (nSPS) is 22.7. The number of esters is 1. The van der Waals surface area contributed by atoms with Gasteiger partial charge in [-0.2, -0.15) is 0 Å². The summed E-state index contributed by atoms with van der Waals surface area (Å²) in [6.45, 7) is 3.52. The van der Waals surface area contributed by atoms with Crippen molar-refractivity contribution in [3.05, 3.63) is 0 Å². The van der Waals surface area contributed by atoms with E-state index in [0.717, 1.165) is 6.42 Å². The van der Waals surface area contributed by atoms with Crippen molar-refractivity contribution in [3.63, 3.8) is 0 Å². The number of carbonyl (C=O) groups excluding carboxylic acids is 2. The molecule has 0 saturated carbocycles. The molecule has 1 fully saturated rings. The SMILES string of the molecule is COC(=O)C(=O)N1CCCOC(C)C1. The third-order valence-corrected chi connectivity index (χ3v) is 2.10. The molecule has 1 heterocycles. The number of carbonyl (C=O) groups is 2. The van der Waals surface area contributed by atoms with Crippen LogP contribution in [0.5, 0.6) is 0 Å². The van der Waals surface area contributed by atoms with Crippen molar-refractivity contribution in [2.45, 2.75) is 19.4 Å². The highest BCUT2D eigenvalue weighted by molar-refractivity contribution is 6.32. The molecule has 0 radical (unpaired) electrons. The molecule has 1 atom stereocenters. The fourth-order valence-electron chi connectivity index (χ4n) is 1.40. The Morgan fingerprint density at radius 1 is 1.50 bits per heavy atom. The largest absolute Gasteiger partial charge is 0.462 e. The van der Waals surface area contributed by atoms with Crippen molar-refractivity contribution in [1.29, 1.82) is 0 Å². The monoisotopic (exact) mass is 201 g/mol. The first-order valence-electron chi connectivity index (χ1n) is 4.64. The number of methoxy groups -OCH3 is 1. The van der Waals surface area contributed by atoms with Gasteiger partial charge in [-0.15, -0.1) is 0 Å². The van der Waals surface area contributed by atoms with Gasteiger partial charge in [0.05, 0.1) is 13.2 Å². The topological polar surface area (TPSA) is 55.8 Å². The van der Waals surface area contributed by atoms with Crippen LogP contribution >= 0.6 is 0 Å². The van der Waals surface area contributed by atoms with Crippen LogP contribution in [0.1, 0.15) is 13.3 Å². The number of ether oxygens (including phenoxy) is 2. The van der Waals surface area contributed by atoms with Crippen molar-refractivity contribution in [3.8, 4) is 0 Å². The van der Waals surface area contributed by atoms with Gasteiger partial charge in [0.25, 0.3) is 0 Å². The highest BCUT2D eigenvalue weighted by Crippen LogP contribution is 2.05. The van der Waals surface area contributed by atoms with E-state index in [2.05, 4.69) is 4.74 Å². The standard InChI is InChI=1S/C9H15NO4/c1-7-6-10(4-3-5-14-7)8(11)9(12)13-2/h7H,3-6H2,1-2H3. The van der Waals surface area contributed by atoms with E-state index in [0.29, 0.717) is 19.7 Å². The van der Waals surface area contributed by atoms with E-state index in [-0.39, 0.29) is 6.10 Å². The van der Waals surface area contributed by atoms with Crippen LogP contribution in [-0.2, 0) is 19.1 Å². The Morgan fingerprint density at radius 3 is 2.86 bits per heavy atom. The van der Waals surface area contributed by atoms with E-state index in [9.17, 15) is 9.59 Å². The molecule has 5 nitrogen and oxygen atoms in total. The third kappa shape index (κ3) is 2.70. The maximum Gasteiger partial charge on any atom is 0.396 e. The molecule has 0 bridgehead atoms. The maximum atomic E-state index is 11.4. The van der Waals surface area contributed by atoms with Gasteiger partial charge < -0.3 is 14.4 Å². The summed E-state index contributed by atoms with van der Waals surface area (Å²) in [6, 6.07) is 0. The first kappa shape index (κ1) is 11.0. The van der Waals surface area contributed by atoms with Crippen LogP contribution in [0.2, 0.25) is 0 Å². The predicted molar refractivity (Wildman–Crippen MR) is 48.6 cm³/mol. The van der Waals surface area contributed by atoms with Gasteiger partial charge in [-0.25, -0.2) is 4.79 Å². The summed E-state index contributed by atoms with van der Waals surface area (Å²) in [5.41, 5.74) is 0. The summed E-state index contributed by atoms with van der Waals surface area (Å²) in [5.74, 6) is -1.39. The minimum atomic E-state index is -0.806. The molecule has 1 amide bonds. The summed E-state index contributed by atoms with van der Waals surface area (Å²) in [6.07, 6.45) is 0.735. The molecule has 1 aliphatic heterocycles. The first-order valence-corrected chi connectivity index (χ1v) is 4.64. The summed E-state index contributed by atoms with van der Waals surface area (Å²) < 4.78 is 9.72. The second-order valence-electron chi connectivity index (χ2n) is 3.28. The van der Waals surface area contributed by atoms with E-state index in [1.807, 2.05) is 6.92 Å². The van der Waals surface area contributed by atoms with Gasteiger partial charge in [0.2, 0.25) is 0 Å². The van der Waals surface area contributed by atoms with Crippen LogP contribution < -0.4 is 0 Å². The molecule has 5 heteroatoms. The van der Waals surface area contributed by atoms with Crippen molar-refractivity contribution in [2.24, 2.45) is 0 Å². The highest BCUT2D eigenvalue weighted by atomic mass is 16.5. The first-order chi connectivity index (χ1) is 6.65. The van der Waals surface area contributed by atoms with Crippen LogP contribution in [0.15, 0.2) is 0 Å². The number of hydrogen-bond donors (Lipinski definition) is 0. The minimum absolute atomic E-state index is 0.0221. The average molecular weight is 201 g/mol. The van der Waals surface area contributed by atoms with Crippen LogP contribution in [-0.4, -0.2) is 49.7 Å². The Morgan fingerprint density at radius 2 is 2.21 bits per heavy atom. The Hall–Kier alpha value is -1.10. The van der Waals surface area contributed by atoms with Crippen molar-refractivity contribution >= 4 is 11.9 Å². The molecule has 0 aromatic rings. The maximum absolute atomic E-state index is 11.4. The quantitative estimate of drug-likeness (QED) is 0.402. The molecule has 80 valence electrons. The lowest BCUT2D eigenvalue weighted by Gasteiger charge is -2.20. The smallest absolute Gasteiger partial charge is 0.396 e. The molecule has 0 spiro atoms. The van der Waals surface area contributed by atoms with E-state index in [1.165, 1.54) is 12.0 Å². The molecule has 1 saturated heterocycles. The van der Waals surface area contributed by atoms with Gasteiger partial charge in [0.15, 0.2) is 0 Å². The zero-order valence-electron chi connectivity index (χ0n) is 8.49. The van der Waals surface area contributed by atoms with E-state index < -0.39 is 11.9 Å². The molecular weight excluding hydrogens is 186 g/mol. The summed E-state index contributed by atoms with van der Waals surface area (Å²) in [7, 11) is 1.21. The Bertz CT molecular complexity index is 229. The zero-order valence-corrected chi connectivity index (χ0v) is 8.49. The number of rotatable bonds is 0. The van der Waals surface area contributed by atoms with Gasteiger partial charge >= 0.3 is 11.9 Å². The highest BCUT2D eigenvalue weighted by Gasteiger charge is 2.25. The van der Waals surface area contributed by atoms with Crippen LogP contribution in [0.25, 0.3) is 0 Å². The summed E-state index contributed by atoms with van der Waals surface area (Å²) >= 11 is 0. The molecule has 1 unspecified atom stereocenters. The van der Waals surface area contributed by atoms with Crippen LogP contribution in [0.4, 0.5) is 0 Å². The molecule has 0 aliphatic carbocycles. The average Bonchev–Trinajstić information content (AvgIpc) is 2.40. The zero-order chi connectivity index (χ0) is 10.6. The Kier molecular flexibility index (Phi) is 3.88. The van der Waals surface area contributed by atoms with Gasteiger partial charge in [-0.3, -0.25) is 4.79 Å². The van der Waals surface area contributed by atoms with Gasteiger partial charge in [0, 0.05) is 19.7 Å². The van der Waals surface area contributed by atoms with Gasteiger partial charge in [0.1, 0.15) is 0 Å². The van der Waals surface area contributed by atoms with E-state index in [4.69, 9.17) is 4.74 Å². The fourth-order valence-corrected chi connectivity index (χ4v) is 1.40. The van der Waals surface area contributed by atoms with Crippen molar-refractivity contribution in [1.82, 2.24) is 4.90 Å². The summed E-state index contributed by atoms with van der Waals surface area (Å²) in [5, 5.41) is 0. The number of amides is 1. The minimum Gasteiger partial charge on any atom is -0.462 e. The predicted octanol–water partition coefficient (Wildman–Crippen LogP) is -0.203. The molecule has 1 rings (SSSR count). The number of hydrogen-bond acceptors (Lipinski definition) is 4. The second kappa shape index (κ2) is 4.95. The molecule has 14 heavy (non-hydrogen) atoms. The fraction of sp³-hybridized carbons (Fsp3) is 0.778. The third-order valence-electron chi connectivity index (χ3n) is 2.10. The van der Waals surface area contributed by atoms with Gasteiger partial charge in [-0.1, -0.05) is 0 Å². The molecule has 1 aliphatic rings. The molecule has 0 N–H and O–H groups in total. The number of nitrogens with zero attached hydrogens (tertiary/aromatic N) is 1. The van der Waals surface area contributed by atoms with Crippen LogP contribution in [0.3, 0.4) is 0 Å². The van der Waals surface area contributed by atoms with Crippen molar-refractivity contribution in [2.75, 3.05) is 26.8 Å². The molecular formula is C9H15NO4. The van der Waals surface area contributed by atoms with Crippen LogP contribution in [0, 0.1) is 0 Å². The van der Waals surface area contributed by atoms with E-state index in [1.54, 1.807) is 0 Å². The molecule has 0 aromatic carbocycles. The lowest BCUT2D eigenvalue weighted by atomic mass is 10.3. The van der Waals surface area contributed by atoms with E-state index >= 15 is 0 Å². The molecule has 0 aromatic heterocycles. The second-order valence-corrected chi connectivity index (χ2v) is 3.28. The van der Waals surface area contributed by atoms with Crippen molar-refractivity contribution < 1.29 is 19.1 Å². The lowest BCUT2D eigenvalue weighted by Crippen LogP contribution is -2.40. The lowest BCUT2D eigenvalue weighted by molar-refractivity contribution is -0.158. The van der Waals surface area contributed by atoms with Gasteiger partial charge in [-0.05, 0) is 13.3 Å². The Labute approximate surface area is 83.0 Å². The Balaban J connectivity index is 2.57.